The Labute approximate surface area is 73.6 Å². The van der Waals surface area contributed by atoms with Crippen LogP contribution in [-0.2, 0) is 4.79 Å². The van der Waals surface area contributed by atoms with Crippen molar-refractivity contribution >= 4 is 5.78 Å². The van der Waals surface area contributed by atoms with E-state index >= 15 is 0 Å². The number of ketones is 1. The molecule has 0 aromatic rings. The van der Waals surface area contributed by atoms with Crippen molar-refractivity contribution in [3.8, 4) is 0 Å². The summed E-state index contributed by atoms with van der Waals surface area (Å²) >= 11 is 0. The van der Waals surface area contributed by atoms with Crippen LogP contribution in [0.25, 0.3) is 0 Å². The van der Waals surface area contributed by atoms with Crippen LogP contribution < -0.4 is 0 Å². The number of carbonyl (C=O) groups excluding carboxylic acids is 1. The molecule has 2 nitrogen and oxygen atoms in total. The first-order valence-electron chi connectivity index (χ1n) is 4.28. The van der Waals surface area contributed by atoms with E-state index in [-0.39, 0.29) is 5.78 Å². The summed E-state index contributed by atoms with van der Waals surface area (Å²) in [6.45, 7) is 3.72. The molecule has 0 atom stereocenters. The molecule has 0 aliphatic carbocycles. The molecule has 12 heavy (non-hydrogen) atoms. The molecule has 0 bridgehead atoms. The predicted octanol–water partition coefficient (Wildman–Crippen LogP) is 1.39. The molecule has 2 heteroatoms. The van der Waals surface area contributed by atoms with Crippen LogP contribution in [-0.4, -0.2) is 30.8 Å². The summed E-state index contributed by atoms with van der Waals surface area (Å²) in [7, 11) is 2.04. The second kappa shape index (κ2) is 4.21. The van der Waals surface area contributed by atoms with Gasteiger partial charge in [-0.15, -0.1) is 0 Å². The molecule has 1 heterocycles. The maximum absolute atomic E-state index is 11.4. The lowest BCUT2D eigenvalue weighted by molar-refractivity contribution is -0.111. The summed E-state index contributed by atoms with van der Waals surface area (Å²) in [5.74, 6) is 0.157. The van der Waals surface area contributed by atoms with Crippen LogP contribution >= 0.6 is 0 Å². The summed E-state index contributed by atoms with van der Waals surface area (Å²) in [5, 5.41) is 0. The van der Waals surface area contributed by atoms with E-state index in [0.717, 1.165) is 25.1 Å². The third-order valence-electron chi connectivity index (χ3n) is 1.98. The van der Waals surface area contributed by atoms with Gasteiger partial charge in [0.05, 0.1) is 0 Å². The second-order valence-electron chi connectivity index (χ2n) is 3.12. The van der Waals surface area contributed by atoms with Crippen molar-refractivity contribution in [1.82, 2.24) is 4.90 Å². The van der Waals surface area contributed by atoms with E-state index in [4.69, 9.17) is 0 Å². The molecule has 1 aliphatic heterocycles. The molecule has 1 rings (SSSR count). The van der Waals surface area contributed by atoms with Gasteiger partial charge in [-0.1, -0.05) is 12.2 Å². The average Bonchev–Trinajstić information content (AvgIpc) is 2.05. The highest BCUT2D eigenvalue weighted by atomic mass is 16.1. The van der Waals surface area contributed by atoms with Crippen LogP contribution in [0.5, 0.6) is 0 Å². The van der Waals surface area contributed by atoms with Gasteiger partial charge in [-0.2, -0.15) is 0 Å². The number of carbonyl (C=O) groups is 1. The van der Waals surface area contributed by atoms with E-state index < -0.39 is 0 Å². The number of hydrogen-bond acceptors (Lipinski definition) is 2. The minimum absolute atomic E-state index is 0.157. The first-order chi connectivity index (χ1) is 5.74. The maximum Gasteiger partial charge on any atom is 0.182 e. The zero-order valence-electron chi connectivity index (χ0n) is 7.71. The molecule has 66 valence electrons. The van der Waals surface area contributed by atoms with Crippen molar-refractivity contribution in [2.24, 2.45) is 0 Å². The smallest absolute Gasteiger partial charge is 0.182 e. The van der Waals surface area contributed by atoms with Gasteiger partial charge in [0.15, 0.2) is 5.78 Å². The minimum Gasteiger partial charge on any atom is -0.302 e. The highest BCUT2D eigenvalue weighted by molar-refractivity contribution is 6.04. The SMILES string of the molecule is CC=CC(=O)C1=CCCN(C)C1. The van der Waals surface area contributed by atoms with E-state index in [1.165, 1.54) is 0 Å². The number of likely N-dealkylation sites (N-methyl/N-ethyl adjacent to an activating group) is 1. The maximum atomic E-state index is 11.4. The molecule has 0 radical (unpaired) electrons. The summed E-state index contributed by atoms with van der Waals surface area (Å²) in [6.07, 6.45) is 6.46. The number of nitrogens with zero attached hydrogens (tertiary/aromatic N) is 1. The fraction of sp³-hybridized carbons (Fsp3) is 0.500. The average molecular weight is 165 g/mol. The van der Waals surface area contributed by atoms with Crippen molar-refractivity contribution in [2.75, 3.05) is 20.1 Å². The molecular weight excluding hydrogens is 150 g/mol. The molecule has 1 aliphatic rings. The molecule has 0 unspecified atom stereocenters. The van der Waals surface area contributed by atoms with Crippen LogP contribution in [0, 0.1) is 0 Å². The summed E-state index contributed by atoms with van der Waals surface area (Å²) < 4.78 is 0. The van der Waals surface area contributed by atoms with Crippen LogP contribution in [0.2, 0.25) is 0 Å². The molecular formula is C10H15NO. The number of allylic oxidation sites excluding steroid dienone is 2. The van der Waals surface area contributed by atoms with Crippen LogP contribution in [0.15, 0.2) is 23.8 Å². The monoisotopic (exact) mass is 165 g/mol. The lowest BCUT2D eigenvalue weighted by atomic mass is 10.1. The summed E-state index contributed by atoms with van der Waals surface area (Å²) in [6, 6.07) is 0. The lowest BCUT2D eigenvalue weighted by Gasteiger charge is -2.21. The summed E-state index contributed by atoms with van der Waals surface area (Å²) in [5.41, 5.74) is 0.932. The Kier molecular flexibility index (Phi) is 3.23. The molecule has 0 amide bonds. The standard InChI is InChI=1S/C10H15NO/c1-3-5-10(12)9-6-4-7-11(2)8-9/h3,5-6H,4,7-8H2,1-2H3. The Hall–Kier alpha value is -0.890. The van der Waals surface area contributed by atoms with Gasteiger partial charge in [0.1, 0.15) is 0 Å². The van der Waals surface area contributed by atoms with Gasteiger partial charge in [-0.05, 0) is 26.5 Å². The van der Waals surface area contributed by atoms with Gasteiger partial charge in [0.25, 0.3) is 0 Å². The van der Waals surface area contributed by atoms with E-state index in [1.807, 2.05) is 20.0 Å². The van der Waals surface area contributed by atoms with Crippen LogP contribution in [0.3, 0.4) is 0 Å². The van der Waals surface area contributed by atoms with Crippen molar-refractivity contribution in [3.05, 3.63) is 23.8 Å². The first-order valence-corrected chi connectivity index (χ1v) is 4.28. The quantitative estimate of drug-likeness (QED) is 0.576. The zero-order chi connectivity index (χ0) is 8.97. The van der Waals surface area contributed by atoms with Gasteiger partial charge >= 0.3 is 0 Å². The van der Waals surface area contributed by atoms with Gasteiger partial charge < -0.3 is 4.90 Å². The van der Waals surface area contributed by atoms with Gasteiger partial charge in [0.2, 0.25) is 0 Å². The Morgan fingerprint density at radius 2 is 2.42 bits per heavy atom. The first kappa shape index (κ1) is 9.20. The number of rotatable bonds is 2. The van der Waals surface area contributed by atoms with Crippen LogP contribution in [0.4, 0.5) is 0 Å². The van der Waals surface area contributed by atoms with Gasteiger partial charge in [-0.25, -0.2) is 0 Å². The molecule has 0 aromatic carbocycles. The Bertz CT molecular complexity index is 228. The minimum atomic E-state index is 0.157. The van der Waals surface area contributed by atoms with Crippen LogP contribution in [0.1, 0.15) is 13.3 Å². The molecule has 0 spiro atoms. The van der Waals surface area contributed by atoms with Crippen molar-refractivity contribution in [1.29, 1.82) is 0 Å². The van der Waals surface area contributed by atoms with Gasteiger partial charge in [-0.3, -0.25) is 4.79 Å². The largest absolute Gasteiger partial charge is 0.302 e. The van der Waals surface area contributed by atoms with Crippen molar-refractivity contribution in [3.63, 3.8) is 0 Å². The molecule has 0 N–H and O–H groups in total. The van der Waals surface area contributed by atoms with E-state index in [9.17, 15) is 4.79 Å². The number of hydrogen-bond donors (Lipinski definition) is 0. The Morgan fingerprint density at radius 3 is 3.00 bits per heavy atom. The molecule has 0 fully saturated rings. The Morgan fingerprint density at radius 1 is 1.67 bits per heavy atom. The highest BCUT2D eigenvalue weighted by Gasteiger charge is 2.12. The predicted molar refractivity (Wildman–Crippen MR) is 50.0 cm³/mol. The Balaban J connectivity index is 2.62. The highest BCUT2D eigenvalue weighted by Crippen LogP contribution is 2.08. The van der Waals surface area contributed by atoms with E-state index in [0.29, 0.717) is 0 Å². The summed E-state index contributed by atoms with van der Waals surface area (Å²) in [4.78, 5) is 13.5. The topological polar surface area (TPSA) is 20.3 Å². The van der Waals surface area contributed by atoms with Crippen molar-refractivity contribution in [2.45, 2.75) is 13.3 Å². The second-order valence-corrected chi connectivity index (χ2v) is 3.12. The normalized spacial score (nSPS) is 19.7. The third-order valence-corrected chi connectivity index (χ3v) is 1.98. The van der Waals surface area contributed by atoms with E-state index in [1.54, 1.807) is 12.2 Å². The fourth-order valence-corrected chi connectivity index (χ4v) is 1.33. The molecule has 0 saturated carbocycles. The molecule has 0 aromatic heterocycles. The van der Waals surface area contributed by atoms with Gasteiger partial charge in [0, 0.05) is 18.7 Å². The third kappa shape index (κ3) is 2.31. The lowest BCUT2D eigenvalue weighted by Crippen LogP contribution is -2.28. The fourth-order valence-electron chi connectivity index (χ4n) is 1.33. The van der Waals surface area contributed by atoms with E-state index in [2.05, 4.69) is 4.90 Å². The molecule has 0 saturated heterocycles. The zero-order valence-corrected chi connectivity index (χ0v) is 7.71. The van der Waals surface area contributed by atoms with Crippen molar-refractivity contribution < 1.29 is 4.79 Å².